The van der Waals surface area contributed by atoms with Crippen LogP contribution in [0.25, 0.3) is 5.65 Å². The topological polar surface area (TPSA) is 109 Å². The van der Waals surface area contributed by atoms with Crippen molar-refractivity contribution in [3.63, 3.8) is 0 Å². The van der Waals surface area contributed by atoms with Crippen molar-refractivity contribution in [2.75, 3.05) is 10.6 Å². The van der Waals surface area contributed by atoms with Crippen LogP contribution in [0.4, 0.5) is 21.5 Å². The SMILES string of the molecule is Cc1cc(F)c(C(=O)Nc2cc(Oc3ccncc3)cc(C(C)(C)Cl)c2)cc1C#Cc1cnc2c(Nc3cn[nH]c3)cccn12. The summed E-state index contributed by atoms with van der Waals surface area (Å²) in [5.41, 5.74) is 4.91. The number of anilines is 3. The first kappa shape index (κ1) is 29.4. The normalized spacial score (nSPS) is 11.1. The molecule has 0 spiro atoms. The molecule has 0 aliphatic rings. The van der Waals surface area contributed by atoms with Gasteiger partial charge in [0, 0.05) is 42.1 Å². The molecule has 0 aliphatic carbocycles. The number of aromatic nitrogens is 5. The van der Waals surface area contributed by atoms with Crippen LogP contribution in [0.3, 0.4) is 0 Å². The molecule has 3 N–H and O–H groups in total. The van der Waals surface area contributed by atoms with Gasteiger partial charge in [-0.1, -0.05) is 5.92 Å². The van der Waals surface area contributed by atoms with E-state index in [0.29, 0.717) is 45.2 Å². The first-order valence-electron chi connectivity index (χ1n) is 13.9. The third-order valence-corrected chi connectivity index (χ3v) is 7.15. The number of carbonyl (C=O) groups is 1. The second-order valence-electron chi connectivity index (χ2n) is 10.7. The number of halogens is 2. The van der Waals surface area contributed by atoms with E-state index >= 15 is 4.39 Å². The average Bonchev–Trinajstić information content (AvgIpc) is 3.67. The molecule has 0 saturated carbocycles. The number of imidazole rings is 1. The number of pyridine rings is 2. The van der Waals surface area contributed by atoms with Crippen molar-refractivity contribution in [3.05, 3.63) is 126 Å². The molecular formula is C34H27ClFN7O2. The van der Waals surface area contributed by atoms with E-state index in [9.17, 15) is 4.79 Å². The van der Waals surface area contributed by atoms with E-state index in [2.05, 4.69) is 42.6 Å². The number of hydrogen-bond donors (Lipinski definition) is 3. The molecule has 0 fully saturated rings. The molecule has 0 saturated heterocycles. The van der Waals surface area contributed by atoms with Gasteiger partial charge in [-0.25, -0.2) is 9.37 Å². The summed E-state index contributed by atoms with van der Waals surface area (Å²) in [4.78, 5) is 21.2. The predicted molar refractivity (Wildman–Crippen MR) is 172 cm³/mol. The van der Waals surface area contributed by atoms with E-state index in [4.69, 9.17) is 16.3 Å². The molecule has 0 bridgehead atoms. The zero-order chi connectivity index (χ0) is 31.6. The van der Waals surface area contributed by atoms with Gasteiger partial charge in [0.1, 0.15) is 23.0 Å². The Balaban J connectivity index is 1.28. The summed E-state index contributed by atoms with van der Waals surface area (Å²) < 4.78 is 23.0. The molecule has 4 aromatic heterocycles. The number of hydrogen-bond acceptors (Lipinski definition) is 6. The Kier molecular flexibility index (Phi) is 7.94. The highest BCUT2D eigenvalue weighted by Gasteiger charge is 2.21. The molecule has 0 atom stereocenters. The van der Waals surface area contributed by atoms with E-state index in [1.54, 1.807) is 68.2 Å². The van der Waals surface area contributed by atoms with Crippen molar-refractivity contribution >= 4 is 40.2 Å². The van der Waals surface area contributed by atoms with Gasteiger partial charge in [-0.05, 0) is 86.3 Å². The molecule has 0 aliphatic heterocycles. The average molecular weight is 620 g/mol. The number of amides is 1. The van der Waals surface area contributed by atoms with E-state index in [1.165, 1.54) is 12.1 Å². The lowest BCUT2D eigenvalue weighted by Crippen LogP contribution is -2.16. The Hall–Kier alpha value is -5.66. The fraction of sp³-hybridized carbons (Fsp3) is 0.118. The second-order valence-corrected chi connectivity index (χ2v) is 11.7. The van der Waals surface area contributed by atoms with Gasteiger partial charge in [-0.15, -0.1) is 11.6 Å². The minimum Gasteiger partial charge on any atom is -0.457 e. The first-order valence-corrected chi connectivity index (χ1v) is 14.3. The zero-order valence-electron chi connectivity index (χ0n) is 24.5. The number of aryl methyl sites for hydroxylation is 1. The minimum absolute atomic E-state index is 0.151. The van der Waals surface area contributed by atoms with Crippen LogP contribution in [-0.2, 0) is 4.87 Å². The number of H-pyrrole nitrogens is 1. The Labute approximate surface area is 263 Å². The van der Waals surface area contributed by atoms with E-state index in [-0.39, 0.29) is 5.56 Å². The largest absolute Gasteiger partial charge is 0.457 e. The van der Waals surface area contributed by atoms with Gasteiger partial charge >= 0.3 is 0 Å². The Morgan fingerprint density at radius 3 is 2.62 bits per heavy atom. The lowest BCUT2D eigenvalue weighted by molar-refractivity contribution is 0.102. The van der Waals surface area contributed by atoms with Crippen LogP contribution >= 0.6 is 11.6 Å². The van der Waals surface area contributed by atoms with Crippen LogP contribution in [0.2, 0.25) is 0 Å². The van der Waals surface area contributed by atoms with Gasteiger partial charge in [-0.2, -0.15) is 5.10 Å². The van der Waals surface area contributed by atoms with Crippen molar-refractivity contribution in [1.82, 2.24) is 24.6 Å². The molecule has 2 aromatic carbocycles. The maximum absolute atomic E-state index is 15.2. The number of fused-ring (bicyclic) bond motifs is 1. The van der Waals surface area contributed by atoms with Gasteiger partial charge < -0.3 is 15.4 Å². The number of carbonyl (C=O) groups excluding carboxylic acids is 1. The lowest BCUT2D eigenvalue weighted by Gasteiger charge is -2.19. The molecule has 45 heavy (non-hydrogen) atoms. The van der Waals surface area contributed by atoms with E-state index in [1.807, 2.05) is 36.6 Å². The quantitative estimate of drug-likeness (QED) is 0.126. The van der Waals surface area contributed by atoms with Crippen LogP contribution in [0.15, 0.2) is 91.8 Å². The summed E-state index contributed by atoms with van der Waals surface area (Å²) >= 11 is 6.61. The second kappa shape index (κ2) is 12.1. The van der Waals surface area contributed by atoms with Gasteiger partial charge in [0.05, 0.1) is 34.2 Å². The Bertz CT molecular complexity index is 2080. The molecule has 6 rings (SSSR count). The number of nitrogens with one attached hydrogen (secondary N) is 3. The smallest absolute Gasteiger partial charge is 0.258 e. The maximum atomic E-state index is 15.2. The van der Waals surface area contributed by atoms with Crippen LogP contribution in [0.1, 0.15) is 46.6 Å². The number of aromatic amines is 1. The number of benzene rings is 2. The number of rotatable bonds is 7. The monoisotopic (exact) mass is 619 g/mol. The third kappa shape index (κ3) is 6.64. The number of alkyl halides is 1. The summed E-state index contributed by atoms with van der Waals surface area (Å²) in [6, 6.07) is 15.1. The highest BCUT2D eigenvalue weighted by atomic mass is 35.5. The molecule has 0 unspecified atom stereocenters. The fourth-order valence-electron chi connectivity index (χ4n) is 4.60. The molecule has 224 valence electrons. The summed E-state index contributed by atoms with van der Waals surface area (Å²) in [6.07, 6.45) is 10.1. The summed E-state index contributed by atoms with van der Waals surface area (Å²) in [5.74, 6) is 5.92. The fourth-order valence-corrected chi connectivity index (χ4v) is 4.71. The van der Waals surface area contributed by atoms with E-state index in [0.717, 1.165) is 11.4 Å². The van der Waals surface area contributed by atoms with Crippen molar-refractivity contribution < 1.29 is 13.9 Å². The highest BCUT2D eigenvalue weighted by molar-refractivity contribution is 6.23. The van der Waals surface area contributed by atoms with Crippen molar-refractivity contribution in [3.8, 4) is 23.3 Å². The van der Waals surface area contributed by atoms with Crippen molar-refractivity contribution in [1.29, 1.82) is 0 Å². The predicted octanol–water partition coefficient (Wildman–Crippen LogP) is 7.56. The number of nitrogens with zero attached hydrogens (tertiary/aromatic N) is 4. The molecule has 4 heterocycles. The molecule has 1 amide bonds. The highest BCUT2D eigenvalue weighted by Crippen LogP contribution is 2.35. The molecular weight excluding hydrogens is 593 g/mol. The summed E-state index contributed by atoms with van der Waals surface area (Å²) in [5, 5.41) is 12.8. The van der Waals surface area contributed by atoms with Crippen LogP contribution in [-0.4, -0.2) is 30.5 Å². The Morgan fingerprint density at radius 2 is 1.87 bits per heavy atom. The van der Waals surface area contributed by atoms with Crippen LogP contribution < -0.4 is 15.4 Å². The van der Waals surface area contributed by atoms with Crippen LogP contribution in [0.5, 0.6) is 11.5 Å². The first-order chi connectivity index (χ1) is 21.6. The maximum Gasteiger partial charge on any atom is 0.258 e. The van der Waals surface area contributed by atoms with Gasteiger partial charge in [0.25, 0.3) is 5.91 Å². The molecule has 0 radical (unpaired) electrons. The van der Waals surface area contributed by atoms with Crippen molar-refractivity contribution in [2.45, 2.75) is 25.6 Å². The van der Waals surface area contributed by atoms with Crippen molar-refractivity contribution in [2.24, 2.45) is 0 Å². The van der Waals surface area contributed by atoms with Crippen LogP contribution in [0, 0.1) is 24.6 Å². The number of ether oxygens (including phenoxy) is 1. The summed E-state index contributed by atoms with van der Waals surface area (Å²) in [7, 11) is 0. The lowest BCUT2D eigenvalue weighted by atomic mass is 10.0. The molecule has 6 aromatic rings. The van der Waals surface area contributed by atoms with E-state index < -0.39 is 16.6 Å². The Morgan fingerprint density at radius 1 is 1.04 bits per heavy atom. The molecule has 9 nitrogen and oxygen atoms in total. The van der Waals surface area contributed by atoms with Gasteiger partial charge in [-0.3, -0.25) is 19.3 Å². The standard InChI is InChI=1S/C34H27ClFN7O2/c1-21-13-30(36)29(33(44)42-24-15-23(34(2,3)35)16-28(17-24)45-27-8-10-37-11-9-27)14-22(21)6-7-26-20-38-32-31(5-4-12-43(26)32)41-25-18-39-40-19-25/h4-5,8-20,41H,1-3H3,(H,39,40)(H,42,44). The van der Waals surface area contributed by atoms with Gasteiger partial charge in [0.15, 0.2) is 5.65 Å². The summed E-state index contributed by atoms with van der Waals surface area (Å²) in [6.45, 7) is 5.40. The van der Waals surface area contributed by atoms with Gasteiger partial charge in [0.2, 0.25) is 0 Å². The zero-order valence-corrected chi connectivity index (χ0v) is 25.3. The third-order valence-electron chi connectivity index (χ3n) is 6.93. The molecule has 11 heteroatoms. The minimum atomic E-state index is -0.761.